The third-order valence-electron chi connectivity index (χ3n) is 3.41. The highest BCUT2D eigenvalue weighted by Crippen LogP contribution is 2.28. The Morgan fingerprint density at radius 2 is 1.96 bits per heavy atom. The lowest BCUT2D eigenvalue weighted by Gasteiger charge is -2.13. The van der Waals surface area contributed by atoms with Crippen LogP contribution < -0.4 is 14.8 Å². The molecule has 0 atom stereocenters. The van der Waals surface area contributed by atoms with Crippen molar-refractivity contribution in [2.45, 2.75) is 6.42 Å². The van der Waals surface area contributed by atoms with E-state index < -0.39 is 0 Å². The molecule has 1 saturated heterocycles. The lowest BCUT2D eigenvalue weighted by Crippen LogP contribution is -2.32. The minimum atomic E-state index is -0.138. The van der Waals surface area contributed by atoms with Crippen molar-refractivity contribution < 1.29 is 19.0 Å². The summed E-state index contributed by atoms with van der Waals surface area (Å²) < 4.78 is 15.5. The minimum absolute atomic E-state index is 0.138. The monoisotopic (exact) mass is 336 g/mol. The SMILES string of the molecule is COCCCN1C(=O)/C(=C\c2ccc(OC)c(OC)c2)NC1=S. The van der Waals surface area contributed by atoms with Crippen molar-refractivity contribution in [1.82, 2.24) is 10.2 Å². The number of hydrogen-bond donors (Lipinski definition) is 1. The van der Waals surface area contributed by atoms with E-state index in [-0.39, 0.29) is 5.91 Å². The third kappa shape index (κ3) is 4.00. The molecule has 0 spiro atoms. The van der Waals surface area contributed by atoms with Gasteiger partial charge in [0.1, 0.15) is 5.70 Å². The fourth-order valence-electron chi connectivity index (χ4n) is 2.25. The van der Waals surface area contributed by atoms with Gasteiger partial charge in [-0.3, -0.25) is 9.69 Å². The van der Waals surface area contributed by atoms with E-state index in [4.69, 9.17) is 26.4 Å². The van der Waals surface area contributed by atoms with Crippen LogP contribution in [-0.2, 0) is 9.53 Å². The van der Waals surface area contributed by atoms with E-state index in [1.165, 1.54) is 0 Å². The Morgan fingerprint density at radius 1 is 1.22 bits per heavy atom. The number of benzene rings is 1. The maximum absolute atomic E-state index is 12.4. The van der Waals surface area contributed by atoms with Crippen LogP contribution in [0.15, 0.2) is 23.9 Å². The van der Waals surface area contributed by atoms with Crippen LogP contribution in [0.25, 0.3) is 6.08 Å². The quantitative estimate of drug-likeness (QED) is 0.465. The molecule has 124 valence electrons. The molecule has 0 aliphatic carbocycles. The van der Waals surface area contributed by atoms with Crippen molar-refractivity contribution >= 4 is 29.3 Å². The standard InChI is InChI=1S/C16H20N2O4S/c1-20-8-4-7-18-15(19)12(17-16(18)23)9-11-5-6-13(21-2)14(10-11)22-3/h5-6,9-10H,4,7-8H2,1-3H3,(H,17,23)/b12-9+. The van der Waals surface area contributed by atoms with Gasteiger partial charge in [0.15, 0.2) is 16.6 Å². The first-order valence-corrected chi connectivity index (χ1v) is 7.57. The lowest BCUT2D eigenvalue weighted by atomic mass is 10.1. The van der Waals surface area contributed by atoms with E-state index in [9.17, 15) is 4.79 Å². The summed E-state index contributed by atoms with van der Waals surface area (Å²) in [5.74, 6) is 1.10. The zero-order valence-electron chi connectivity index (χ0n) is 13.4. The average molecular weight is 336 g/mol. The molecule has 0 saturated carbocycles. The van der Waals surface area contributed by atoms with E-state index >= 15 is 0 Å². The Kier molecular flexibility index (Phi) is 5.95. The van der Waals surface area contributed by atoms with Crippen molar-refractivity contribution in [3.8, 4) is 11.5 Å². The summed E-state index contributed by atoms with van der Waals surface area (Å²) in [6.45, 7) is 1.11. The van der Waals surface area contributed by atoms with Gasteiger partial charge in [0.2, 0.25) is 0 Å². The summed E-state index contributed by atoms with van der Waals surface area (Å²) in [6, 6.07) is 5.44. The highest BCUT2D eigenvalue weighted by molar-refractivity contribution is 7.80. The fourth-order valence-corrected chi connectivity index (χ4v) is 2.54. The van der Waals surface area contributed by atoms with Crippen LogP contribution in [0, 0.1) is 0 Å². The van der Waals surface area contributed by atoms with Crippen LogP contribution in [0.2, 0.25) is 0 Å². The third-order valence-corrected chi connectivity index (χ3v) is 3.73. The first-order valence-electron chi connectivity index (χ1n) is 7.16. The van der Waals surface area contributed by atoms with Gasteiger partial charge >= 0.3 is 0 Å². The fraction of sp³-hybridized carbons (Fsp3) is 0.375. The van der Waals surface area contributed by atoms with Gasteiger partial charge in [-0.25, -0.2) is 0 Å². The summed E-state index contributed by atoms with van der Waals surface area (Å²) in [7, 11) is 4.78. The van der Waals surface area contributed by atoms with Crippen LogP contribution in [-0.4, -0.2) is 50.4 Å². The molecule has 0 unspecified atom stereocenters. The number of amides is 1. The Morgan fingerprint density at radius 3 is 2.61 bits per heavy atom. The smallest absolute Gasteiger partial charge is 0.276 e. The molecule has 1 heterocycles. The van der Waals surface area contributed by atoms with E-state index in [0.717, 1.165) is 12.0 Å². The number of carbonyl (C=O) groups is 1. The van der Waals surface area contributed by atoms with Crippen molar-refractivity contribution in [3.05, 3.63) is 29.5 Å². The number of hydrogen-bond acceptors (Lipinski definition) is 5. The summed E-state index contributed by atoms with van der Waals surface area (Å²) in [6.07, 6.45) is 2.47. The van der Waals surface area contributed by atoms with Crippen LogP contribution in [0.3, 0.4) is 0 Å². The first kappa shape index (κ1) is 17.2. The second-order valence-electron chi connectivity index (χ2n) is 4.91. The van der Waals surface area contributed by atoms with Gasteiger partial charge in [0, 0.05) is 20.3 Å². The molecule has 1 aliphatic heterocycles. The molecule has 0 radical (unpaired) electrons. The zero-order chi connectivity index (χ0) is 16.8. The molecule has 0 aromatic heterocycles. The number of rotatable bonds is 7. The largest absolute Gasteiger partial charge is 0.493 e. The maximum Gasteiger partial charge on any atom is 0.276 e. The molecule has 23 heavy (non-hydrogen) atoms. The molecule has 1 N–H and O–H groups in total. The molecule has 1 aromatic carbocycles. The van der Waals surface area contributed by atoms with E-state index in [1.54, 1.807) is 44.4 Å². The number of carbonyl (C=O) groups excluding carboxylic acids is 1. The normalized spacial score (nSPS) is 16.0. The maximum atomic E-state index is 12.4. The second-order valence-corrected chi connectivity index (χ2v) is 5.29. The van der Waals surface area contributed by atoms with Crippen LogP contribution in [0.4, 0.5) is 0 Å². The molecular weight excluding hydrogens is 316 g/mol. The van der Waals surface area contributed by atoms with Gasteiger partial charge < -0.3 is 19.5 Å². The Balaban J connectivity index is 2.17. The molecule has 1 amide bonds. The number of nitrogens with one attached hydrogen (secondary N) is 1. The molecule has 6 nitrogen and oxygen atoms in total. The topological polar surface area (TPSA) is 60.0 Å². The van der Waals surface area contributed by atoms with Crippen molar-refractivity contribution in [2.75, 3.05) is 34.5 Å². The average Bonchev–Trinajstić information content (AvgIpc) is 2.82. The van der Waals surface area contributed by atoms with Gasteiger partial charge in [0.05, 0.1) is 14.2 Å². The zero-order valence-corrected chi connectivity index (χ0v) is 14.2. The van der Waals surface area contributed by atoms with Gasteiger partial charge in [-0.1, -0.05) is 6.07 Å². The summed E-state index contributed by atoms with van der Waals surface area (Å²) >= 11 is 5.22. The first-order chi connectivity index (χ1) is 11.1. The molecular formula is C16H20N2O4S. The number of nitrogens with zero attached hydrogens (tertiary/aromatic N) is 1. The van der Waals surface area contributed by atoms with Gasteiger partial charge in [-0.05, 0) is 42.4 Å². The van der Waals surface area contributed by atoms with Gasteiger partial charge in [0.25, 0.3) is 5.91 Å². The Hall–Kier alpha value is -2.12. The van der Waals surface area contributed by atoms with Crippen molar-refractivity contribution in [1.29, 1.82) is 0 Å². The van der Waals surface area contributed by atoms with Gasteiger partial charge in [-0.15, -0.1) is 0 Å². The van der Waals surface area contributed by atoms with E-state index in [1.807, 2.05) is 6.07 Å². The summed E-state index contributed by atoms with van der Waals surface area (Å²) in [4.78, 5) is 13.9. The summed E-state index contributed by atoms with van der Waals surface area (Å²) in [5.41, 5.74) is 1.26. The van der Waals surface area contributed by atoms with Crippen LogP contribution in [0.5, 0.6) is 11.5 Å². The number of methoxy groups -OCH3 is 3. The van der Waals surface area contributed by atoms with E-state index in [0.29, 0.717) is 35.5 Å². The van der Waals surface area contributed by atoms with Crippen molar-refractivity contribution in [2.24, 2.45) is 0 Å². The molecule has 0 bridgehead atoms. The van der Waals surface area contributed by atoms with Crippen LogP contribution >= 0.6 is 12.2 Å². The van der Waals surface area contributed by atoms with Crippen molar-refractivity contribution in [3.63, 3.8) is 0 Å². The number of thiocarbonyl (C=S) groups is 1. The molecule has 1 fully saturated rings. The predicted molar refractivity (Wildman–Crippen MR) is 91.5 cm³/mol. The Bertz CT molecular complexity index is 631. The second kappa shape index (κ2) is 7.94. The molecule has 1 aromatic rings. The Labute approximate surface area is 141 Å². The van der Waals surface area contributed by atoms with Gasteiger partial charge in [-0.2, -0.15) is 0 Å². The van der Waals surface area contributed by atoms with Crippen LogP contribution in [0.1, 0.15) is 12.0 Å². The molecule has 1 aliphatic rings. The number of ether oxygens (including phenoxy) is 3. The lowest BCUT2D eigenvalue weighted by molar-refractivity contribution is -0.122. The highest BCUT2D eigenvalue weighted by atomic mass is 32.1. The predicted octanol–water partition coefficient (Wildman–Crippen LogP) is 1.80. The molecule has 2 rings (SSSR count). The van der Waals surface area contributed by atoms with E-state index in [2.05, 4.69) is 5.32 Å². The summed E-state index contributed by atoms with van der Waals surface area (Å²) in [5, 5.41) is 3.37. The minimum Gasteiger partial charge on any atom is -0.493 e. The molecule has 7 heteroatoms. The highest BCUT2D eigenvalue weighted by Gasteiger charge is 2.30.